The van der Waals surface area contributed by atoms with E-state index in [1.807, 2.05) is 68.6 Å². The summed E-state index contributed by atoms with van der Waals surface area (Å²) in [6.45, 7) is 8.63. The summed E-state index contributed by atoms with van der Waals surface area (Å²) < 4.78 is 3.67. The molecule has 0 saturated carbocycles. The van der Waals surface area contributed by atoms with Gasteiger partial charge in [-0.15, -0.1) is 10.2 Å². The summed E-state index contributed by atoms with van der Waals surface area (Å²) in [5.74, 6) is 0.0120. The third kappa shape index (κ3) is 3.37. The topological polar surface area (TPSA) is 68.8 Å². The van der Waals surface area contributed by atoms with E-state index in [0.717, 1.165) is 22.6 Å². The van der Waals surface area contributed by atoms with Gasteiger partial charge in [0, 0.05) is 42.1 Å². The van der Waals surface area contributed by atoms with E-state index < -0.39 is 0 Å². The van der Waals surface area contributed by atoms with Crippen LogP contribution < -0.4 is 0 Å². The number of rotatable bonds is 5. The lowest BCUT2D eigenvalue weighted by atomic mass is 10.1. The summed E-state index contributed by atoms with van der Waals surface area (Å²) in [4.78, 5) is 15.0. The number of amides is 1. The summed E-state index contributed by atoms with van der Waals surface area (Å²) in [6, 6.07) is 7.57. The molecule has 0 bridgehead atoms. The molecular formula is C19H24N6O. The first-order valence-electron chi connectivity index (χ1n) is 8.63. The van der Waals surface area contributed by atoms with Gasteiger partial charge in [0.05, 0.1) is 5.69 Å². The van der Waals surface area contributed by atoms with E-state index in [1.165, 1.54) is 0 Å². The molecule has 2 aromatic heterocycles. The first-order chi connectivity index (χ1) is 12.4. The molecule has 0 aliphatic rings. The van der Waals surface area contributed by atoms with Crippen LogP contribution in [0.15, 0.2) is 36.9 Å². The van der Waals surface area contributed by atoms with Crippen LogP contribution in [0.3, 0.4) is 0 Å². The maximum absolute atomic E-state index is 13.1. The number of nitrogens with zero attached hydrogens (tertiary/aromatic N) is 6. The standard InChI is InChI=1S/C19H24N6O/c1-13(2)25(10-18-14(3)22-23(5)15(18)4)19(26)16-6-8-17(9-7-16)24-11-20-21-12-24/h6-9,11-13H,10H2,1-5H3. The van der Waals surface area contributed by atoms with Gasteiger partial charge in [-0.1, -0.05) is 0 Å². The highest BCUT2D eigenvalue weighted by atomic mass is 16.2. The predicted molar refractivity (Wildman–Crippen MR) is 99.1 cm³/mol. The highest BCUT2D eigenvalue weighted by Gasteiger charge is 2.22. The molecule has 0 atom stereocenters. The summed E-state index contributed by atoms with van der Waals surface area (Å²) >= 11 is 0. The fourth-order valence-electron chi connectivity index (χ4n) is 2.98. The third-order valence-corrected chi connectivity index (χ3v) is 4.70. The predicted octanol–water partition coefficient (Wildman–Crippen LogP) is 2.67. The fourth-order valence-corrected chi connectivity index (χ4v) is 2.98. The Morgan fingerprint density at radius 3 is 2.23 bits per heavy atom. The number of carbonyl (C=O) groups excluding carboxylic acids is 1. The lowest BCUT2D eigenvalue weighted by Crippen LogP contribution is -2.36. The van der Waals surface area contributed by atoms with E-state index in [2.05, 4.69) is 15.3 Å². The zero-order chi connectivity index (χ0) is 18.8. The molecule has 0 unspecified atom stereocenters. The molecule has 0 radical (unpaired) electrons. The first kappa shape index (κ1) is 17.8. The van der Waals surface area contributed by atoms with Gasteiger partial charge in [0.2, 0.25) is 0 Å². The van der Waals surface area contributed by atoms with Crippen LogP contribution >= 0.6 is 0 Å². The minimum Gasteiger partial charge on any atom is -0.332 e. The van der Waals surface area contributed by atoms with E-state index in [-0.39, 0.29) is 11.9 Å². The van der Waals surface area contributed by atoms with Crippen LogP contribution in [0.4, 0.5) is 0 Å². The maximum atomic E-state index is 13.1. The van der Waals surface area contributed by atoms with Crippen molar-refractivity contribution in [2.24, 2.45) is 7.05 Å². The van der Waals surface area contributed by atoms with E-state index >= 15 is 0 Å². The third-order valence-electron chi connectivity index (χ3n) is 4.70. The average molecular weight is 352 g/mol. The van der Waals surface area contributed by atoms with Gasteiger partial charge in [-0.3, -0.25) is 14.0 Å². The second kappa shape index (κ2) is 7.11. The summed E-state index contributed by atoms with van der Waals surface area (Å²) in [5.41, 5.74) is 4.74. The van der Waals surface area contributed by atoms with Gasteiger partial charge in [-0.25, -0.2) is 0 Å². The zero-order valence-corrected chi connectivity index (χ0v) is 15.8. The van der Waals surface area contributed by atoms with Crippen molar-refractivity contribution >= 4 is 5.91 Å². The number of hydrogen-bond donors (Lipinski definition) is 0. The molecule has 0 fully saturated rings. The molecule has 0 aliphatic heterocycles. The van der Waals surface area contributed by atoms with E-state index in [1.54, 1.807) is 17.2 Å². The van der Waals surface area contributed by atoms with Gasteiger partial charge in [0.15, 0.2) is 0 Å². The molecule has 1 amide bonds. The minimum absolute atomic E-state index is 0.0120. The van der Waals surface area contributed by atoms with Crippen LogP contribution in [0, 0.1) is 13.8 Å². The number of hydrogen-bond acceptors (Lipinski definition) is 4. The van der Waals surface area contributed by atoms with Gasteiger partial charge in [-0.2, -0.15) is 5.10 Å². The van der Waals surface area contributed by atoms with Gasteiger partial charge >= 0.3 is 0 Å². The maximum Gasteiger partial charge on any atom is 0.254 e. The Morgan fingerprint density at radius 2 is 1.73 bits per heavy atom. The van der Waals surface area contributed by atoms with Crippen LogP contribution in [0.25, 0.3) is 5.69 Å². The van der Waals surface area contributed by atoms with Gasteiger partial charge in [0.25, 0.3) is 5.91 Å². The van der Waals surface area contributed by atoms with Crippen molar-refractivity contribution < 1.29 is 4.79 Å². The van der Waals surface area contributed by atoms with Crippen molar-refractivity contribution in [2.75, 3.05) is 0 Å². The molecule has 0 N–H and O–H groups in total. The highest BCUT2D eigenvalue weighted by molar-refractivity contribution is 5.94. The Hall–Kier alpha value is -2.96. The SMILES string of the molecule is Cc1nn(C)c(C)c1CN(C(=O)c1ccc(-n2cnnc2)cc1)C(C)C. The highest BCUT2D eigenvalue weighted by Crippen LogP contribution is 2.19. The number of aryl methyl sites for hydroxylation is 2. The Morgan fingerprint density at radius 1 is 1.12 bits per heavy atom. The van der Waals surface area contributed by atoms with E-state index in [4.69, 9.17) is 0 Å². The van der Waals surface area contributed by atoms with E-state index in [0.29, 0.717) is 12.1 Å². The molecule has 7 heteroatoms. The van der Waals surface area contributed by atoms with Crippen molar-refractivity contribution in [1.82, 2.24) is 29.4 Å². The number of aromatic nitrogens is 5. The quantitative estimate of drug-likeness (QED) is 0.708. The molecule has 3 aromatic rings. The monoisotopic (exact) mass is 352 g/mol. The van der Waals surface area contributed by atoms with Crippen molar-refractivity contribution in [1.29, 1.82) is 0 Å². The minimum atomic E-state index is 0.0120. The number of benzene rings is 1. The van der Waals surface area contributed by atoms with Crippen LogP contribution in [-0.2, 0) is 13.6 Å². The molecule has 26 heavy (non-hydrogen) atoms. The second-order valence-corrected chi connectivity index (χ2v) is 6.72. The first-order valence-corrected chi connectivity index (χ1v) is 8.63. The molecule has 1 aromatic carbocycles. The lowest BCUT2D eigenvalue weighted by molar-refractivity contribution is 0.0690. The summed E-state index contributed by atoms with van der Waals surface area (Å²) in [7, 11) is 1.93. The fraction of sp³-hybridized carbons (Fsp3) is 0.368. The molecule has 0 spiro atoms. The van der Waals surface area contributed by atoms with Crippen LogP contribution in [0.1, 0.15) is 41.2 Å². The molecule has 0 aliphatic carbocycles. The van der Waals surface area contributed by atoms with E-state index in [9.17, 15) is 4.79 Å². The second-order valence-electron chi connectivity index (χ2n) is 6.72. The molecule has 0 saturated heterocycles. The van der Waals surface area contributed by atoms with Crippen molar-refractivity contribution in [2.45, 2.75) is 40.3 Å². The lowest BCUT2D eigenvalue weighted by Gasteiger charge is -2.27. The molecule has 3 rings (SSSR count). The zero-order valence-electron chi connectivity index (χ0n) is 15.8. The average Bonchev–Trinajstić information content (AvgIpc) is 3.22. The summed E-state index contributed by atoms with van der Waals surface area (Å²) in [6.07, 6.45) is 3.26. The van der Waals surface area contributed by atoms with Crippen LogP contribution in [0.2, 0.25) is 0 Å². The van der Waals surface area contributed by atoms with Crippen molar-refractivity contribution in [3.8, 4) is 5.69 Å². The van der Waals surface area contributed by atoms with Crippen molar-refractivity contribution in [3.63, 3.8) is 0 Å². The van der Waals surface area contributed by atoms with Crippen LogP contribution in [-0.4, -0.2) is 41.4 Å². The molecule has 2 heterocycles. The number of carbonyl (C=O) groups is 1. The van der Waals surface area contributed by atoms with Crippen molar-refractivity contribution in [3.05, 3.63) is 59.4 Å². The van der Waals surface area contributed by atoms with Crippen LogP contribution in [0.5, 0.6) is 0 Å². The smallest absolute Gasteiger partial charge is 0.254 e. The Kier molecular flexibility index (Phi) is 4.88. The largest absolute Gasteiger partial charge is 0.332 e. The normalized spacial score (nSPS) is 11.2. The van der Waals surface area contributed by atoms with Gasteiger partial charge in [0.1, 0.15) is 12.7 Å². The Bertz CT molecular complexity index is 893. The molecule has 7 nitrogen and oxygen atoms in total. The summed E-state index contributed by atoms with van der Waals surface area (Å²) in [5, 5.41) is 12.1. The Balaban J connectivity index is 1.85. The van der Waals surface area contributed by atoms with Gasteiger partial charge in [-0.05, 0) is 52.0 Å². The Labute approximate surface area is 153 Å². The molecular weight excluding hydrogens is 328 g/mol. The van der Waals surface area contributed by atoms with Gasteiger partial charge < -0.3 is 4.90 Å². The molecule has 136 valence electrons.